The number of hydrogen-bond donors (Lipinski definition) is 1. The van der Waals surface area contributed by atoms with Crippen LogP contribution in [-0.4, -0.2) is 46.9 Å². The molecule has 2 atom stereocenters. The quantitative estimate of drug-likeness (QED) is 0.867. The molecule has 2 aliphatic rings. The summed E-state index contributed by atoms with van der Waals surface area (Å²) in [6, 6.07) is 9.19. The van der Waals surface area contributed by atoms with Crippen molar-refractivity contribution in [2.45, 2.75) is 28.4 Å². The molecule has 2 aromatic rings. The van der Waals surface area contributed by atoms with Crippen LogP contribution < -0.4 is 15.0 Å². The van der Waals surface area contributed by atoms with E-state index >= 15 is 0 Å². The molecule has 2 aromatic carbocycles. The van der Waals surface area contributed by atoms with Crippen molar-refractivity contribution in [3.63, 3.8) is 0 Å². The molecule has 0 saturated carbocycles. The van der Waals surface area contributed by atoms with Crippen molar-refractivity contribution in [1.29, 1.82) is 0 Å². The second-order valence-corrected chi connectivity index (χ2v) is 8.66. The second-order valence-electron chi connectivity index (χ2n) is 6.71. The standard InChI is InChI=1S/C19H20F2N2O3S/c20-13-2-1-3-14(10-13)27(24,25)15-4-5-18-19(11-15)26-9-8-23(18)17-6-7-22-12-16(17)21/h1-5,10-11,16-17,22H,6-9,12H2. The van der Waals surface area contributed by atoms with Crippen LogP contribution in [0.15, 0.2) is 52.3 Å². The minimum absolute atomic E-state index is 0.0239. The zero-order chi connectivity index (χ0) is 19.0. The third-order valence-corrected chi connectivity index (χ3v) is 6.77. The lowest BCUT2D eigenvalue weighted by molar-refractivity contribution is 0.208. The van der Waals surface area contributed by atoms with Crippen molar-refractivity contribution in [2.75, 3.05) is 31.1 Å². The van der Waals surface area contributed by atoms with Gasteiger partial charge in [0.1, 0.15) is 24.3 Å². The highest BCUT2D eigenvalue weighted by Gasteiger charge is 2.34. The van der Waals surface area contributed by atoms with Gasteiger partial charge in [-0.1, -0.05) is 6.07 Å². The molecule has 0 amide bonds. The number of anilines is 1. The number of ether oxygens (including phenoxy) is 1. The summed E-state index contributed by atoms with van der Waals surface area (Å²) in [5.74, 6) is -0.208. The number of hydrogen-bond acceptors (Lipinski definition) is 5. The molecule has 2 aliphatic heterocycles. The van der Waals surface area contributed by atoms with Crippen LogP contribution in [0.5, 0.6) is 5.75 Å². The van der Waals surface area contributed by atoms with Gasteiger partial charge in [0.2, 0.25) is 9.84 Å². The summed E-state index contributed by atoms with van der Waals surface area (Å²) >= 11 is 0. The van der Waals surface area contributed by atoms with Gasteiger partial charge in [-0.25, -0.2) is 17.2 Å². The zero-order valence-electron chi connectivity index (χ0n) is 14.6. The number of fused-ring (bicyclic) bond motifs is 1. The van der Waals surface area contributed by atoms with Crippen LogP contribution in [0.3, 0.4) is 0 Å². The number of piperidine rings is 1. The number of halogens is 2. The summed E-state index contributed by atoms with van der Waals surface area (Å²) in [5, 5.41) is 3.04. The first-order chi connectivity index (χ1) is 13.0. The van der Waals surface area contributed by atoms with Crippen LogP contribution in [0.25, 0.3) is 0 Å². The molecule has 4 rings (SSSR count). The van der Waals surface area contributed by atoms with Gasteiger partial charge in [0, 0.05) is 12.6 Å². The van der Waals surface area contributed by atoms with Gasteiger partial charge >= 0.3 is 0 Å². The summed E-state index contributed by atoms with van der Waals surface area (Å²) in [6.07, 6.45) is -0.329. The van der Waals surface area contributed by atoms with E-state index in [2.05, 4.69) is 5.32 Å². The summed E-state index contributed by atoms with van der Waals surface area (Å²) in [6.45, 7) is 1.95. The third-order valence-electron chi connectivity index (χ3n) is 5.02. The zero-order valence-corrected chi connectivity index (χ0v) is 15.4. The van der Waals surface area contributed by atoms with Gasteiger partial charge in [-0.3, -0.25) is 0 Å². The van der Waals surface area contributed by atoms with Crippen molar-refractivity contribution < 1.29 is 21.9 Å². The first-order valence-electron chi connectivity index (χ1n) is 8.86. The molecule has 1 N–H and O–H groups in total. The maximum Gasteiger partial charge on any atom is 0.206 e. The molecule has 27 heavy (non-hydrogen) atoms. The highest BCUT2D eigenvalue weighted by atomic mass is 32.2. The van der Waals surface area contributed by atoms with Gasteiger partial charge in [0.05, 0.1) is 28.1 Å². The summed E-state index contributed by atoms with van der Waals surface area (Å²) in [5.41, 5.74) is 0.689. The molecule has 0 radical (unpaired) electrons. The summed E-state index contributed by atoms with van der Waals surface area (Å²) in [4.78, 5) is 1.87. The number of sulfone groups is 1. The number of nitrogens with one attached hydrogen (secondary N) is 1. The molecule has 144 valence electrons. The summed E-state index contributed by atoms with van der Waals surface area (Å²) < 4.78 is 59.1. The Morgan fingerprint density at radius 2 is 1.96 bits per heavy atom. The van der Waals surface area contributed by atoms with E-state index in [0.29, 0.717) is 37.6 Å². The molecule has 1 fully saturated rings. The molecule has 0 bridgehead atoms. The molecular weight excluding hydrogens is 374 g/mol. The number of benzene rings is 2. The van der Waals surface area contributed by atoms with Gasteiger partial charge in [0.15, 0.2) is 0 Å². The molecule has 8 heteroatoms. The first kappa shape index (κ1) is 18.2. The Morgan fingerprint density at radius 1 is 1.15 bits per heavy atom. The van der Waals surface area contributed by atoms with Crippen LogP contribution in [0.1, 0.15) is 6.42 Å². The van der Waals surface area contributed by atoms with E-state index in [0.717, 1.165) is 12.6 Å². The Morgan fingerprint density at radius 3 is 2.74 bits per heavy atom. The lowest BCUT2D eigenvalue weighted by atomic mass is 10.0. The normalized spacial score (nSPS) is 22.8. The van der Waals surface area contributed by atoms with E-state index in [-0.39, 0.29) is 15.8 Å². The fourth-order valence-corrected chi connectivity index (χ4v) is 4.97. The Hall–Kier alpha value is -2.19. The largest absolute Gasteiger partial charge is 0.490 e. The second kappa shape index (κ2) is 7.09. The van der Waals surface area contributed by atoms with Gasteiger partial charge in [-0.2, -0.15) is 0 Å². The van der Waals surface area contributed by atoms with E-state index in [1.54, 1.807) is 6.07 Å². The van der Waals surface area contributed by atoms with Crippen molar-refractivity contribution in [3.8, 4) is 5.75 Å². The highest BCUT2D eigenvalue weighted by Crippen LogP contribution is 2.37. The van der Waals surface area contributed by atoms with Gasteiger partial charge < -0.3 is 15.0 Å². The minimum Gasteiger partial charge on any atom is -0.490 e. The molecule has 0 aromatic heterocycles. The molecular formula is C19H20F2N2O3S. The van der Waals surface area contributed by atoms with E-state index in [9.17, 15) is 17.2 Å². The van der Waals surface area contributed by atoms with Crippen molar-refractivity contribution in [3.05, 3.63) is 48.3 Å². The monoisotopic (exact) mass is 394 g/mol. The Bertz CT molecular complexity index is 952. The Balaban J connectivity index is 1.69. The van der Waals surface area contributed by atoms with Gasteiger partial charge in [0.25, 0.3) is 0 Å². The lowest BCUT2D eigenvalue weighted by Crippen LogP contribution is -2.53. The number of rotatable bonds is 3. The van der Waals surface area contributed by atoms with Gasteiger partial charge in [-0.15, -0.1) is 0 Å². The van der Waals surface area contributed by atoms with E-state index < -0.39 is 21.8 Å². The van der Waals surface area contributed by atoms with Crippen LogP contribution in [0.2, 0.25) is 0 Å². The molecule has 0 aliphatic carbocycles. The van der Waals surface area contributed by atoms with Crippen LogP contribution in [0, 0.1) is 5.82 Å². The fourth-order valence-electron chi connectivity index (χ4n) is 3.66. The maximum atomic E-state index is 14.4. The molecule has 2 heterocycles. The average molecular weight is 394 g/mol. The predicted octanol–water partition coefficient (Wildman–Crippen LogP) is 2.56. The van der Waals surface area contributed by atoms with E-state index in [1.165, 1.54) is 30.3 Å². The van der Waals surface area contributed by atoms with Gasteiger partial charge in [-0.05, 0) is 43.3 Å². The first-order valence-corrected chi connectivity index (χ1v) is 10.3. The van der Waals surface area contributed by atoms with Crippen molar-refractivity contribution >= 4 is 15.5 Å². The Labute approximate surface area is 156 Å². The highest BCUT2D eigenvalue weighted by molar-refractivity contribution is 7.91. The average Bonchev–Trinajstić information content (AvgIpc) is 2.67. The van der Waals surface area contributed by atoms with E-state index in [1.807, 2.05) is 4.90 Å². The molecule has 2 unspecified atom stereocenters. The maximum absolute atomic E-state index is 14.4. The SMILES string of the molecule is O=S(=O)(c1cccc(F)c1)c1ccc2c(c1)OCCN2C1CCNCC1F. The number of nitrogens with zero attached hydrogens (tertiary/aromatic N) is 1. The van der Waals surface area contributed by atoms with Crippen LogP contribution in [-0.2, 0) is 9.84 Å². The third kappa shape index (κ3) is 3.39. The van der Waals surface area contributed by atoms with Crippen molar-refractivity contribution in [2.24, 2.45) is 0 Å². The number of alkyl halides is 1. The molecule has 5 nitrogen and oxygen atoms in total. The Kier molecular flexibility index (Phi) is 4.77. The van der Waals surface area contributed by atoms with Crippen molar-refractivity contribution in [1.82, 2.24) is 5.32 Å². The van der Waals surface area contributed by atoms with Crippen LogP contribution in [0.4, 0.5) is 14.5 Å². The topological polar surface area (TPSA) is 58.6 Å². The predicted molar refractivity (Wildman–Crippen MR) is 97.3 cm³/mol. The van der Waals surface area contributed by atoms with E-state index in [4.69, 9.17) is 4.74 Å². The fraction of sp³-hybridized carbons (Fsp3) is 0.368. The minimum atomic E-state index is -3.87. The lowest BCUT2D eigenvalue weighted by Gasteiger charge is -2.41. The van der Waals surface area contributed by atoms with Crippen LogP contribution >= 0.6 is 0 Å². The molecule has 0 spiro atoms. The smallest absolute Gasteiger partial charge is 0.206 e. The molecule has 1 saturated heterocycles. The summed E-state index contributed by atoms with van der Waals surface area (Å²) in [7, 11) is -3.87.